The number of carboxylic acids is 1. The first kappa shape index (κ1) is 6.99. The summed E-state index contributed by atoms with van der Waals surface area (Å²) in [7, 11) is 2.99. The Morgan fingerprint density at radius 3 is 2.88 bits per heavy atom. The lowest BCUT2D eigenvalue weighted by Crippen LogP contribution is -1.88. The Bertz CT molecular complexity index is 128. The van der Waals surface area contributed by atoms with Crippen LogP contribution in [-0.2, 0) is 9.53 Å². The molecule has 3 heteroatoms. The van der Waals surface area contributed by atoms with Gasteiger partial charge in [-0.25, -0.2) is 4.79 Å². The number of aliphatic carboxylic acids is 1. The van der Waals surface area contributed by atoms with Crippen LogP contribution in [-0.4, -0.2) is 17.7 Å². The molecule has 0 atom stereocenters. The predicted octanol–water partition coefficient (Wildman–Crippen LogP) is -0.117. The van der Waals surface area contributed by atoms with Gasteiger partial charge in [-0.1, -0.05) is 5.92 Å². The highest BCUT2D eigenvalue weighted by Gasteiger charge is 1.79. The topological polar surface area (TPSA) is 46.5 Å². The second-order valence-corrected chi connectivity index (χ2v) is 0.955. The van der Waals surface area contributed by atoms with E-state index in [-0.39, 0.29) is 6.61 Å². The van der Waals surface area contributed by atoms with Crippen LogP contribution < -0.4 is 0 Å². The van der Waals surface area contributed by atoms with E-state index in [4.69, 9.17) is 5.11 Å². The molecule has 0 saturated carbocycles. The molecule has 0 bridgehead atoms. The van der Waals surface area contributed by atoms with Crippen molar-refractivity contribution < 1.29 is 14.6 Å². The minimum Gasteiger partial charge on any atom is -0.472 e. The van der Waals surface area contributed by atoms with Crippen LogP contribution >= 0.6 is 0 Å². The minimum absolute atomic E-state index is 0.0618. The zero-order valence-corrected chi connectivity index (χ0v) is 4.18. The van der Waals surface area contributed by atoms with Gasteiger partial charge in [0.2, 0.25) is 0 Å². The minimum atomic E-state index is -1.15. The Balaban J connectivity index is 3.35. The van der Waals surface area contributed by atoms with Crippen LogP contribution in [0.15, 0.2) is 0 Å². The number of hydrogen-bond acceptors (Lipinski definition) is 2. The first-order valence-corrected chi connectivity index (χ1v) is 1.86. The smallest absolute Gasteiger partial charge is 0.381 e. The summed E-state index contributed by atoms with van der Waals surface area (Å²) in [6, 6.07) is 0. The zero-order valence-electron chi connectivity index (χ0n) is 4.18. The Morgan fingerprint density at radius 1 is 1.88 bits per heavy atom. The molecule has 0 amide bonds. The van der Waals surface area contributed by atoms with Gasteiger partial charge in [-0.15, -0.1) is 0 Å². The Kier molecular flexibility index (Phi) is 3.63. The summed E-state index contributed by atoms with van der Waals surface area (Å²) in [6.07, 6.45) is 0. The second-order valence-electron chi connectivity index (χ2n) is 0.955. The van der Waals surface area contributed by atoms with Gasteiger partial charge >= 0.3 is 5.97 Å². The lowest BCUT2D eigenvalue weighted by molar-refractivity contribution is -0.130. The van der Waals surface area contributed by atoms with E-state index in [1.165, 1.54) is 0 Å². The van der Waals surface area contributed by atoms with Gasteiger partial charge in [0.1, 0.15) is 6.61 Å². The van der Waals surface area contributed by atoms with Gasteiger partial charge < -0.3 is 9.84 Å². The molecule has 0 spiro atoms. The predicted molar refractivity (Wildman–Crippen MR) is 26.7 cm³/mol. The molecule has 0 aromatic carbocycles. The molecule has 1 N–H and O–H groups in total. The van der Waals surface area contributed by atoms with Gasteiger partial charge in [-0.2, -0.15) is 0 Å². The summed E-state index contributed by atoms with van der Waals surface area (Å²) in [5, 5.41) is 7.89. The number of carboxylic acid groups (broad SMARTS) is 1. The Morgan fingerprint density at radius 2 is 2.50 bits per heavy atom. The van der Waals surface area contributed by atoms with Crippen LogP contribution in [0.3, 0.4) is 0 Å². The standard InChI is InChI=1S/C5H5O3/c1-8-4-2-3-5(6)7/h1,4H2,(H,6,7). The van der Waals surface area contributed by atoms with Crippen LogP contribution in [0.2, 0.25) is 0 Å². The first-order chi connectivity index (χ1) is 3.77. The second kappa shape index (κ2) is 4.16. The molecule has 0 rings (SSSR count). The van der Waals surface area contributed by atoms with E-state index < -0.39 is 5.97 Å². The van der Waals surface area contributed by atoms with E-state index in [1.54, 1.807) is 0 Å². The zero-order chi connectivity index (χ0) is 6.41. The van der Waals surface area contributed by atoms with Crippen molar-refractivity contribution in [2.45, 2.75) is 0 Å². The van der Waals surface area contributed by atoms with Crippen molar-refractivity contribution in [1.29, 1.82) is 0 Å². The molecule has 0 aromatic rings. The highest BCUT2D eigenvalue weighted by atomic mass is 16.5. The van der Waals surface area contributed by atoms with Gasteiger partial charge in [0.25, 0.3) is 0 Å². The van der Waals surface area contributed by atoms with E-state index in [0.717, 1.165) is 0 Å². The monoisotopic (exact) mass is 113 g/mol. The quantitative estimate of drug-likeness (QED) is 0.482. The molecule has 1 radical (unpaired) electrons. The lowest BCUT2D eigenvalue weighted by atomic mass is 10.6. The maximum Gasteiger partial charge on any atom is 0.381 e. The third kappa shape index (κ3) is 4.99. The number of hydrogen-bond donors (Lipinski definition) is 1. The molecule has 3 nitrogen and oxygen atoms in total. The summed E-state index contributed by atoms with van der Waals surface area (Å²) < 4.78 is 4.21. The summed E-state index contributed by atoms with van der Waals surface area (Å²) in [6.45, 7) is 0.0618. The highest BCUT2D eigenvalue weighted by Crippen LogP contribution is 1.63. The molecule has 0 saturated heterocycles. The van der Waals surface area contributed by atoms with Crippen molar-refractivity contribution in [3.8, 4) is 11.8 Å². The molecule has 43 valence electrons. The summed E-state index contributed by atoms with van der Waals surface area (Å²) >= 11 is 0. The Labute approximate surface area is 47.3 Å². The molecular formula is C5H5O3. The van der Waals surface area contributed by atoms with Crippen LogP contribution in [0.5, 0.6) is 0 Å². The molecule has 0 fully saturated rings. The fraction of sp³-hybridized carbons (Fsp3) is 0.200. The normalized spacial score (nSPS) is 7.12. The number of carbonyl (C=O) groups is 1. The summed E-state index contributed by atoms with van der Waals surface area (Å²) in [5.41, 5.74) is 0. The maximum absolute atomic E-state index is 9.62. The van der Waals surface area contributed by atoms with Gasteiger partial charge in [0, 0.05) is 5.92 Å². The van der Waals surface area contributed by atoms with Crippen molar-refractivity contribution in [2.75, 3.05) is 6.61 Å². The van der Waals surface area contributed by atoms with Crippen LogP contribution in [0.25, 0.3) is 0 Å². The summed E-state index contributed by atoms with van der Waals surface area (Å²) in [4.78, 5) is 9.62. The molecule has 8 heavy (non-hydrogen) atoms. The molecule has 0 aromatic heterocycles. The van der Waals surface area contributed by atoms with Crippen molar-refractivity contribution >= 4 is 5.97 Å². The van der Waals surface area contributed by atoms with Crippen molar-refractivity contribution in [3.05, 3.63) is 7.11 Å². The van der Waals surface area contributed by atoms with Crippen LogP contribution in [0.1, 0.15) is 0 Å². The van der Waals surface area contributed by atoms with Gasteiger partial charge in [0.05, 0.1) is 7.11 Å². The van der Waals surface area contributed by atoms with Crippen molar-refractivity contribution in [3.63, 3.8) is 0 Å². The van der Waals surface area contributed by atoms with E-state index in [2.05, 4.69) is 17.8 Å². The highest BCUT2D eigenvalue weighted by molar-refractivity contribution is 5.86. The number of ether oxygens (including phenoxy) is 1. The summed E-state index contributed by atoms with van der Waals surface area (Å²) in [5.74, 6) is 2.90. The fourth-order valence-electron chi connectivity index (χ4n) is 0.163. The molecule has 0 aliphatic heterocycles. The van der Waals surface area contributed by atoms with Crippen molar-refractivity contribution in [2.24, 2.45) is 0 Å². The first-order valence-electron chi connectivity index (χ1n) is 1.86. The van der Waals surface area contributed by atoms with Crippen LogP contribution in [0.4, 0.5) is 0 Å². The van der Waals surface area contributed by atoms with E-state index in [0.29, 0.717) is 0 Å². The average Bonchev–Trinajstić information content (AvgIpc) is 1.66. The van der Waals surface area contributed by atoms with Gasteiger partial charge in [0.15, 0.2) is 0 Å². The third-order valence-corrected chi connectivity index (χ3v) is 0.370. The molecular weight excluding hydrogens is 108 g/mol. The SMILES string of the molecule is [CH2]OCC#CC(=O)O. The Hall–Kier alpha value is -1.01. The van der Waals surface area contributed by atoms with Gasteiger partial charge in [-0.05, 0) is 0 Å². The fourth-order valence-corrected chi connectivity index (χ4v) is 0.163. The third-order valence-electron chi connectivity index (χ3n) is 0.370. The molecule has 0 aliphatic carbocycles. The van der Waals surface area contributed by atoms with Crippen molar-refractivity contribution in [1.82, 2.24) is 0 Å². The number of rotatable bonds is 1. The van der Waals surface area contributed by atoms with Gasteiger partial charge in [-0.3, -0.25) is 0 Å². The van der Waals surface area contributed by atoms with E-state index in [1.807, 2.05) is 5.92 Å². The molecule has 0 heterocycles. The average molecular weight is 113 g/mol. The molecule has 0 unspecified atom stereocenters. The van der Waals surface area contributed by atoms with E-state index >= 15 is 0 Å². The lowest BCUT2D eigenvalue weighted by Gasteiger charge is -1.78. The van der Waals surface area contributed by atoms with E-state index in [9.17, 15) is 4.79 Å². The maximum atomic E-state index is 9.62. The largest absolute Gasteiger partial charge is 0.472 e. The van der Waals surface area contributed by atoms with Crippen LogP contribution in [0, 0.1) is 19.0 Å². The molecule has 0 aliphatic rings.